The third kappa shape index (κ3) is 2.59. The molecule has 1 amide bonds. The molecule has 0 saturated carbocycles. The molecule has 48 valence electrons. The van der Waals surface area contributed by atoms with Crippen molar-refractivity contribution in [1.82, 2.24) is 4.67 Å². The summed E-state index contributed by atoms with van der Waals surface area (Å²) in [6.45, 7) is 2.12. The van der Waals surface area contributed by atoms with Gasteiger partial charge >= 0.3 is 6.09 Å². The number of nitrogens with two attached hydrogens (primary N) is 1. The number of carbonyl (C=O) groups excluding carboxylic acids is 1. The van der Waals surface area contributed by atoms with Crippen LogP contribution in [0, 0.1) is 0 Å². The van der Waals surface area contributed by atoms with E-state index in [2.05, 4.69) is 4.74 Å². The molecule has 5 heteroatoms. The molecule has 0 spiro atoms. The van der Waals surface area contributed by atoms with Gasteiger partial charge in [0.1, 0.15) is 10.4 Å². The molecule has 0 aromatic heterocycles. The van der Waals surface area contributed by atoms with E-state index in [9.17, 15) is 4.79 Å². The number of hydrazine groups is 1. The maximum absolute atomic E-state index is 10.4. The van der Waals surface area contributed by atoms with Crippen molar-refractivity contribution in [3.05, 3.63) is 0 Å². The van der Waals surface area contributed by atoms with Crippen LogP contribution in [0.1, 0.15) is 6.92 Å². The highest BCUT2D eigenvalue weighted by molar-refractivity contribution is 6.12. The number of carbonyl (C=O) groups is 1. The highest BCUT2D eigenvalue weighted by atomic mass is 28.2. The maximum atomic E-state index is 10.4. The fourth-order valence-corrected chi connectivity index (χ4v) is 0.354. The summed E-state index contributed by atoms with van der Waals surface area (Å²) in [5, 5.41) is 0. The van der Waals surface area contributed by atoms with Gasteiger partial charge in [0.15, 0.2) is 0 Å². The van der Waals surface area contributed by atoms with Crippen LogP contribution in [0.5, 0.6) is 0 Å². The van der Waals surface area contributed by atoms with Crippen LogP contribution in [-0.4, -0.2) is 27.8 Å². The van der Waals surface area contributed by atoms with E-state index in [0.29, 0.717) is 17.0 Å². The Labute approximate surface area is 51.1 Å². The van der Waals surface area contributed by atoms with E-state index in [-0.39, 0.29) is 0 Å². The van der Waals surface area contributed by atoms with Gasteiger partial charge < -0.3 is 4.74 Å². The van der Waals surface area contributed by atoms with Gasteiger partial charge in [-0.3, -0.25) is 10.5 Å². The molecule has 0 aliphatic carbocycles. The van der Waals surface area contributed by atoms with Gasteiger partial charge in [-0.2, -0.15) is 0 Å². The number of rotatable bonds is 1. The van der Waals surface area contributed by atoms with E-state index < -0.39 is 6.09 Å². The second-order valence-electron chi connectivity index (χ2n) is 1.31. The van der Waals surface area contributed by atoms with Crippen molar-refractivity contribution >= 4 is 16.5 Å². The lowest BCUT2D eigenvalue weighted by Gasteiger charge is -2.08. The van der Waals surface area contributed by atoms with Crippen LogP contribution in [-0.2, 0) is 4.74 Å². The van der Waals surface area contributed by atoms with E-state index in [1.807, 2.05) is 0 Å². The van der Waals surface area contributed by atoms with Gasteiger partial charge in [-0.25, -0.2) is 4.79 Å². The highest BCUT2D eigenvalue weighted by Crippen LogP contribution is 1.78. The number of amides is 1. The molecule has 0 atom stereocenters. The van der Waals surface area contributed by atoms with Gasteiger partial charge in [0.2, 0.25) is 0 Å². The minimum absolute atomic E-state index is 0.384. The number of nitrogens with zero attached hydrogens (tertiary/aromatic N) is 1. The third-order valence-electron chi connectivity index (χ3n) is 0.556. The maximum Gasteiger partial charge on any atom is 0.414 e. The lowest BCUT2D eigenvalue weighted by Crippen LogP contribution is -2.35. The predicted octanol–water partition coefficient (Wildman–Crippen LogP) is -1.40. The van der Waals surface area contributed by atoms with Gasteiger partial charge in [0.05, 0.1) is 6.61 Å². The largest absolute Gasteiger partial charge is 0.449 e. The zero-order chi connectivity index (χ0) is 6.57. The van der Waals surface area contributed by atoms with Crippen molar-refractivity contribution in [3.63, 3.8) is 0 Å². The molecule has 0 aliphatic heterocycles. The number of hydrogen-bond donors (Lipinski definition) is 1. The minimum Gasteiger partial charge on any atom is -0.449 e. The first kappa shape index (κ1) is 7.45. The summed E-state index contributed by atoms with van der Waals surface area (Å²) >= 11 is 0. The molecule has 4 nitrogen and oxygen atoms in total. The minimum atomic E-state index is -0.445. The lowest BCUT2D eigenvalue weighted by molar-refractivity contribution is 0.132. The van der Waals surface area contributed by atoms with Crippen LogP contribution in [0.4, 0.5) is 4.79 Å². The van der Waals surface area contributed by atoms with Gasteiger partial charge in [0.25, 0.3) is 0 Å². The van der Waals surface area contributed by atoms with Crippen molar-refractivity contribution < 1.29 is 9.53 Å². The van der Waals surface area contributed by atoms with Crippen LogP contribution < -0.4 is 5.84 Å². The Bertz CT molecular complexity index is 85.4. The van der Waals surface area contributed by atoms with E-state index in [1.54, 1.807) is 6.92 Å². The standard InChI is InChI=1S/C3H10N2O2Si/c1-2-7-3(6)5(4)8/h2,4H2,1,8H3. The SMILES string of the molecule is CCOC(=O)N(N)[SiH3]. The predicted molar refractivity (Wildman–Crippen MR) is 33.0 cm³/mol. The number of ether oxygens (including phenoxy) is 1. The smallest absolute Gasteiger partial charge is 0.414 e. The molecule has 0 fully saturated rings. The zero-order valence-corrected chi connectivity index (χ0v) is 7.05. The normalized spacial score (nSPS) is 8.75. The average Bonchev–Trinajstić information content (AvgIpc) is 1.67. The van der Waals surface area contributed by atoms with Crippen molar-refractivity contribution in [3.8, 4) is 0 Å². The fourth-order valence-electron chi connectivity index (χ4n) is 0.225. The molecule has 0 radical (unpaired) electrons. The Kier molecular flexibility index (Phi) is 3.21. The van der Waals surface area contributed by atoms with E-state index in [4.69, 9.17) is 5.84 Å². The molecule has 8 heavy (non-hydrogen) atoms. The summed E-state index contributed by atoms with van der Waals surface area (Å²) in [6, 6.07) is 0. The molecule has 0 rings (SSSR count). The van der Waals surface area contributed by atoms with Gasteiger partial charge in [-0.05, 0) is 6.92 Å². The summed E-state index contributed by atoms with van der Waals surface area (Å²) in [5.41, 5.74) is 0. The van der Waals surface area contributed by atoms with Crippen LogP contribution in [0.3, 0.4) is 0 Å². The molecule has 0 saturated heterocycles. The Morgan fingerprint density at radius 3 is 2.62 bits per heavy atom. The zero-order valence-electron chi connectivity index (χ0n) is 5.05. The summed E-state index contributed by atoms with van der Waals surface area (Å²) in [7, 11) is 0.504. The second kappa shape index (κ2) is 3.45. The van der Waals surface area contributed by atoms with Gasteiger partial charge in [0, 0.05) is 0 Å². The molecular formula is C3H10N2O2Si. The van der Waals surface area contributed by atoms with Crippen molar-refractivity contribution in [2.24, 2.45) is 5.84 Å². The monoisotopic (exact) mass is 134 g/mol. The lowest BCUT2D eigenvalue weighted by atomic mass is 10.9. The summed E-state index contributed by atoms with van der Waals surface area (Å²) in [5.74, 6) is 5.04. The van der Waals surface area contributed by atoms with Gasteiger partial charge in [-0.1, -0.05) is 0 Å². The van der Waals surface area contributed by atoms with Crippen LogP contribution in [0.2, 0.25) is 0 Å². The highest BCUT2D eigenvalue weighted by Gasteiger charge is 1.99. The number of hydrogen-bond acceptors (Lipinski definition) is 3. The topological polar surface area (TPSA) is 55.6 Å². The first-order chi connectivity index (χ1) is 3.68. The average molecular weight is 134 g/mol. The third-order valence-corrected chi connectivity index (χ3v) is 0.921. The molecule has 0 bridgehead atoms. The molecule has 2 N–H and O–H groups in total. The second-order valence-corrected chi connectivity index (χ2v) is 2.27. The summed E-state index contributed by atoms with van der Waals surface area (Å²) in [4.78, 5) is 10.4. The Morgan fingerprint density at radius 1 is 2.00 bits per heavy atom. The van der Waals surface area contributed by atoms with Crippen molar-refractivity contribution in [2.45, 2.75) is 6.92 Å². The van der Waals surface area contributed by atoms with Crippen molar-refractivity contribution in [1.29, 1.82) is 0 Å². The van der Waals surface area contributed by atoms with E-state index >= 15 is 0 Å². The fraction of sp³-hybridized carbons (Fsp3) is 0.667. The Hall–Kier alpha value is -0.553. The summed E-state index contributed by atoms with van der Waals surface area (Å²) in [6.07, 6.45) is -0.445. The molecule has 0 heterocycles. The van der Waals surface area contributed by atoms with Crippen LogP contribution in [0.25, 0.3) is 0 Å². The molecule has 0 aliphatic rings. The molecule has 0 unspecified atom stereocenters. The van der Waals surface area contributed by atoms with E-state index in [0.717, 1.165) is 4.67 Å². The van der Waals surface area contributed by atoms with Crippen molar-refractivity contribution in [2.75, 3.05) is 6.61 Å². The summed E-state index contributed by atoms with van der Waals surface area (Å²) < 4.78 is 5.53. The molecule has 0 aromatic rings. The first-order valence-electron chi connectivity index (χ1n) is 2.33. The Balaban J connectivity index is 3.33. The molecular weight excluding hydrogens is 124 g/mol. The first-order valence-corrected chi connectivity index (χ1v) is 3.23. The Morgan fingerprint density at radius 2 is 2.50 bits per heavy atom. The molecule has 0 aromatic carbocycles. The van der Waals surface area contributed by atoms with Crippen LogP contribution in [0.15, 0.2) is 0 Å². The van der Waals surface area contributed by atoms with Crippen LogP contribution >= 0.6 is 0 Å². The van der Waals surface area contributed by atoms with Gasteiger partial charge in [-0.15, -0.1) is 0 Å². The quantitative estimate of drug-likeness (QED) is 0.208. The van der Waals surface area contributed by atoms with E-state index in [1.165, 1.54) is 0 Å².